The normalized spacial score (nSPS) is 19.8. The lowest BCUT2D eigenvalue weighted by molar-refractivity contribution is 0.0933. The zero-order valence-electron chi connectivity index (χ0n) is 14.1. The third-order valence-corrected chi connectivity index (χ3v) is 5.10. The number of hydrogen-bond acceptors (Lipinski definition) is 5. The Kier molecular flexibility index (Phi) is 8.82. The lowest BCUT2D eigenvalue weighted by Gasteiger charge is -2.20. The molecule has 2 atom stereocenters. The van der Waals surface area contributed by atoms with Crippen molar-refractivity contribution >= 4 is 42.1 Å². The molecule has 0 saturated carbocycles. The van der Waals surface area contributed by atoms with Gasteiger partial charge in [0.2, 0.25) is 0 Å². The Hall–Kier alpha value is -1.18. The van der Waals surface area contributed by atoms with Crippen molar-refractivity contribution in [3.63, 3.8) is 0 Å². The first-order valence-electron chi connectivity index (χ1n) is 7.89. The van der Waals surface area contributed by atoms with Gasteiger partial charge >= 0.3 is 0 Å². The molecule has 2 aromatic rings. The van der Waals surface area contributed by atoms with Crippen LogP contribution in [0.5, 0.6) is 0 Å². The molecule has 3 rings (SSSR count). The molecule has 0 radical (unpaired) electrons. The monoisotopic (exact) mass is 402 g/mol. The minimum atomic E-state index is -0.0975. The summed E-state index contributed by atoms with van der Waals surface area (Å²) in [5.74, 6) is -0.0975. The number of rotatable bonds is 5. The van der Waals surface area contributed by atoms with Crippen molar-refractivity contribution in [3.8, 4) is 0 Å². The van der Waals surface area contributed by atoms with Gasteiger partial charge in [0.05, 0.1) is 0 Å². The highest BCUT2D eigenvalue weighted by atomic mass is 35.5. The van der Waals surface area contributed by atoms with Crippen molar-refractivity contribution in [1.29, 1.82) is 0 Å². The highest BCUT2D eigenvalue weighted by Crippen LogP contribution is 2.20. The Morgan fingerprint density at radius 1 is 1.36 bits per heavy atom. The van der Waals surface area contributed by atoms with Gasteiger partial charge in [0.15, 0.2) is 0 Å². The molecule has 1 aliphatic heterocycles. The van der Waals surface area contributed by atoms with E-state index in [1.165, 1.54) is 16.9 Å². The molecule has 0 bridgehead atoms. The van der Waals surface area contributed by atoms with Crippen LogP contribution >= 0.6 is 36.2 Å². The van der Waals surface area contributed by atoms with Crippen molar-refractivity contribution in [2.75, 3.05) is 6.54 Å². The predicted molar refractivity (Wildman–Crippen MR) is 107 cm³/mol. The fourth-order valence-corrected chi connectivity index (χ4v) is 3.66. The average Bonchev–Trinajstić information content (AvgIpc) is 3.16. The molecule has 25 heavy (non-hydrogen) atoms. The Balaban J connectivity index is 0.00000156. The number of nitrogens with one attached hydrogen (secondary N) is 1. The van der Waals surface area contributed by atoms with E-state index in [-0.39, 0.29) is 36.8 Å². The van der Waals surface area contributed by atoms with Gasteiger partial charge in [-0.1, -0.05) is 30.3 Å². The maximum Gasteiger partial charge on any atom is 0.271 e. The van der Waals surface area contributed by atoms with Gasteiger partial charge in [0, 0.05) is 37.1 Å². The van der Waals surface area contributed by atoms with Gasteiger partial charge < -0.3 is 11.1 Å². The van der Waals surface area contributed by atoms with Crippen LogP contribution in [0.4, 0.5) is 0 Å². The van der Waals surface area contributed by atoms with Gasteiger partial charge in [-0.15, -0.1) is 36.2 Å². The lowest BCUT2D eigenvalue weighted by atomic mass is 10.2. The van der Waals surface area contributed by atoms with Crippen molar-refractivity contribution in [1.82, 2.24) is 15.2 Å². The van der Waals surface area contributed by atoms with Crippen LogP contribution in [0.3, 0.4) is 0 Å². The maximum absolute atomic E-state index is 12.3. The Bertz CT molecular complexity index is 668. The molecule has 138 valence electrons. The zero-order chi connectivity index (χ0) is 16.2. The number of halogens is 2. The molecule has 1 fully saturated rings. The Labute approximate surface area is 164 Å². The van der Waals surface area contributed by atoms with Crippen molar-refractivity contribution in [3.05, 3.63) is 52.0 Å². The number of nitrogens with two attached hydrogens (primary N) is 1. The number of amides is 1. The summed E-state index contributed by atoms with van der Waals surface area (Å²) in [6, 6.07) is 11.1. The topological polar surface area (TPSA) is 71.2 Å². The Morgan fingerprint density at radius 3 is 2.72 bits per heavy atom. The van der Waals surface area contributed by atoms with Crippen LogP contribution in [0, 0.1) is 0 Å². The minimum Gasteiger partial charge on any atom is -0.347 e. The van der Waals surface area contributed by atoms with E-state index in [1.807, 2.05) is 6.07 Å². The molecule has 2 heterocycles. The number of carbonyl (C=O) groups excluding carboxylic acids is 1. The molecule has 3 N–H and O–H groups in total. The summed E-state index contributed by atoms with van der Waals surface area (Å²) in [5, 5.41) is 5.67. The molecule has 1 saturated heterocycles. The number of thiazole rings is 1. The predicted octanol–water partition coefficient (Wildman–Crippen LogP) is 2.84. The molecular formula is C17H24Cl2N4OS. The fourth-order valence-electron chi connectivity index (χ4n) is 3.01. The number of aromatic nitrogens is 1. The first-order chi connectivity index (χ1) is 11.2. The van der Waals surface area contributed by atoms with Crippen LogP contribution in [-0.2, 0) is 13.1 Å². The van der Waals surface area contributed by atoms with E-state index in [0.717, 1.165) is 24.5 Å². The molecule has 5 nitrogen and oxygen atoms in total. The van der Waals surface area contributed by atoms with Crippen LogP contribution in [-0.4, -0.2) is 34.4 Å². The summed E-state index contributed by atoms with van der Waals surface area (Å²) in [7, 11) is 0. The second-order valence-electron chi connectivity index (χ2n) is 6.00. The molecule has 1 aromatic heterocycles. The van der Waals surface area contributed by atoms with E-state index in [4.69, 9.17) is 5.73 Å². The van der Waals surface area contributed by atoms with E-state index in [0.29, 0.717) is 18.3 Å². The van der Waals surface area contributed by atoms with Crippen molar-refractivity contribution in [2.45, 2.75) is 38.5 Å². The third kappa shape index (κ3) is 5.66. The summed E-state index contributed by atoms with van der Waals surface area (Å²) in [6.45, 7) is 4.38. The van der Waals surface area contributed by atoms with E-state index in [9.17, 15) is 4.79 Å². The second-order valence-corrected chi connectivity index (χ2v) is 6.94. The van der Waals surface area contributed by atoms with Gasteiger partial charge in [0.25, 0.3) is 5.91 Å². The highest BCUT2D eigenvalue weighted by Gasteiger charge is 2.30. The molecule has 1 aliphatic rings. The van der Waals surface area contributed by atoms with E-state index in [2.05, 4.69) is 46.4 Å². The molecule has 8 heteroatoms. The number of benzene rings is 1. The minimum absolute atomic E-state index is 0. The summed E-state index contributed by atoms with van der Waals surface area (Å²) in [6.07, 6.45) is 0.965. The number of nitrogens with zero attached hydrogens (tertiary/aromatic N) is 2. The van der Waals surface area contributed by atoms with E-state index < -0.39 is 0 Å². The quantitative estimate of drug-likeness (QED) is 0.806. The second kappa shape index (κ2) is 10.1. The SMILES string of the molecule is CC1CC(NC(=O)c2csc(CN)n2)CN1Cc1ccccc1.Cl.Cl. The summed E-state index contributed by atoms with van der Waals surface area (Å²) in [4.78, 5) is 18.9. The van der Waals surface area contributed by atoms with Gasteiger partial charge in [0.1, 0.15) is 10.7 Å². The van der Waals surface area contributed by atoms with Crippen LogP contribution in [0.15, 0.2) is 35.7 Å². The van der Waals surface area contributed by atoms with Gasteiger partial charge in [-0.25, -0.2) is 4.98 Å². The number of carbonyl (C=O) groups is 1. The standard InChI is InChI=1S/C17H22N4OS.2ClH/c1-12-7-14(10-21(12)9-13-5-3-2-4-6-13)19-17(22)15-11-23-16(8-18)20-15;;/h2-6,11-12,14H,7-10,18H2,1H3,(H,19,22);2*1H. The van der Waals surface area contributed by atoms with Gasteiger partial charge in [-0.3, -0.25) is 9.69 Å². The molecule has 2 unspecified atom stereocenters. The third-order valence-electron chi connectivity index (χ3n) is 4.23. The van der Waals surface area contributed by atoms with E-state index >= 15 is 0 Å². The van der Waals surface area contributed by atoms with Crippen molar-refractivity contribution < 1.29 is 4.79 Å². The van der Waals surface area contributed by atoms with Gasteiger partial charge in [-0.2, -0.15) is 0 Å². The Morgan fingerprint density at radius 2 is 2.08 bits per heavy atom. The van der Waals surface area contributed by atoms with Gasteiger partial charge in [-0.05, 0) is 18.9 Å². The van der Waals surface area contributed by atoms with Crippen LogP contribution in [0.25, 0.3) is 0 Å². The first kappa shape index (κ1) is 21.9. The van der Waals surface area contributed by atoms with Crippen LogP contribution < -0.4 is 11.1 Å². The maximum atomic E-state index is 12.3. The van der Waals surface area contributed by atoms with E-state index in [1.54, 1.807) is 5.38 Å². The summed E-state index contributed by atoms with van der Waals surface area (Å²) < 4.78 is 0. The summed E-state index contributed by atoms with van der Waals surface area (Å²) in [5.41, 5.74) is 7.33. The highest BCUT2D eigenvalue weighted by molar-refractivity contribution is 7.09. The average molecular weight is 403 g/mol. The molecular weight excluding hydrogens is 379 g/mol. The molecule has 1 amide bonds. The van der Waals surface area contributed by atoms with Crippen molar-refractivity contribution in [2.24, 2.45) is 5.73 Å². The largest absolute Gasteiger partial charge is 0.347 e. The van der Waals surface area contributed by atoms with Crippen LogP contribution in [0.1, 0.15) is 34.4 Å². The number of likely N-dealkylation sites (tertiary alicyclic amines) is 1. The molecule has 0 aliphatic carbocycles. The zero-order valence-corrected chi connectivity index (χ0v) is 16.5. The lowest BCUT2D eigenvalue weighted by Crippen LogP contribution is -2.37. The molecule has 1 aromatic carbocycles. The molecule has 0 spiro atoms. The smallest absolute Gasteiger partial charge is 0.271 e. The van der Waals surface area contributed by atoms with Crippen LogP contribution in [0.2, 0.25) is 0 Å². The number of hydrogen-bond donors (Lipinski definition) is 2. The summed E-state index contributed by atoms with van der Waals surface area (Å²) >= 11 is 1.43. The fraction of sp³-hybridized carbons (Fsp3) is 0.412. The first-order valence-corrected chi connectivity index (χ1v) is 8.77.